The molecule has 40 heavy (non-hydrogen) atoms. The summed E-state index contributed by atoms with van der Waals surface area (Å²) in [6, 6.07) is 4.79. The number of thiol groups is 1. The molecule has 1 aromatic carbocycles. The summed E-state index contributed by atoms with van der Waals surface area (Å²) in [4.78, 5) is 40.5. The molecule has 1 fully saturated rings. The van der Waals surface area contributed by atoms with Crippen molar-refractivity contribution >= 4 is 47.5 Å². The Morgan fingerprint density at radius 2 is 1.82 bits per heavy atom. The van der Waals surface area contributed by atoms with E-state index in [4.69, 9.17) is 10.5 Å². The Labute approximate surface area is 232 Å². The molecule has 14 nitrogen and oxygen atoms in total. The highest BCUT2D eigenvalue weighted by Crippen LogP contribution is 2.39. The lowest BCUT2D eigenvalue weighted by Gasteiger charge is -2.19. The number of benzene rings is 1. The van der Waals surface area contributed by atoms with E-state index >= 15 is 0 Å². The quantitative estimate of drug-likeness (QED) is 0.132. The molecule has 0 saturated heterocycles. The van der Waals surface area contributed by atoms with Crippen molar-refractivity contribution in [1.82, 2.24) is 20.1 Å². The van der Waals surface area contributed by atoms with Crippen LogP contribution in [0, 0.1) is 11.7 Å². The van der Waals surface area contributed by atoms with Crippen LogP contribution in [0.15, 0.2) is 30.5 Å². The molecule has 2 heterocycles. The number of amides is 3. The third kappa shape index (κ3) is 7.23. The van der Waals surface area contributed by atoms with Crippen molar-refractivity contribution in [2.75, 3.05) is 24.0 Å². The van der Waals surface area contributed by atoms with Gasteiger partial charge >= 0.3 is 6.10 Å². The van der Waals surface area contributed by atoms with E-state index in [-0.39, 0.29) is 57.3 Å². The van der Waals surface area contributed by atoms with Crippen LogP contribution in [0.2, 0.25) is 0 Å². The van der Waals surface area contributed by atoms with Crippen LogP contribution < -0.4 is 26.4 Å². The summed E-state index contributed by atoms with van der Waals surface area (Å²) in [5.74, 6) is -2.96. The van der Waals surface area contributed by atoms with E-state index in [0.717, 1.165) is 31.2 Å². The van der Waals surface area contributed by atoms with Gasteiger partial charge in [0.15, 0.2) is 5.75 Å². The molecule has 214 valence electrons. The number of aryl methyl sites for hydroxylation is 1. The van der Waals surface area contributed by atoms with Crippen molar-refractivity contribution in [3.05, 3.63) is 47.5 Å². The number of rotatable bonds is 9. The van der Waals surface area contributed by atoms with Crippen molar-refractivity contribution in [2.24, 2.45) is 18.7 Å². The van der Waals surface area contributed by atoms with E-state index in [0.29, 0.717) is 0 Å². The third-order valence-electron chi connectivity index (χ3n) is 5.56. The number of hydrogen-bond acceptors (Lipinski definition) is 11. The molecule has 0 bridgehead atoms. The molecule has 1 aliphatic rings. The lowest BCUT2D eigenvalue weighted by Crippen LogP contribution is -2.48. The van der Waals surface area contributed by atoms with Gasteiger partial charge in [0.05, 0.1) is 29.7 Å². The molecule has 3 aromatic rings. The van der Waals surface area contributed by atoms with E-state index in [9.17, 15) is 34.1 Å². The Bertz CT molecular complexity index is 1440. The van der Waals surface area contributed by atoms with Gasteiger partial charge in [-0.05, 0) is 31.2 Å². The number of primary amides is 1. The minimum Gasteiger partial charge on any atom is -0.494 e. The van der Waals surface area contributed by atoms with Crippen molar-refractivity contribution in [1.29, 1.82) is 0 Å². The topological polar surface area (TPSA) is 214 Å². The molecule has 0 aliphatic heterocycles. The van der Waals surface area contributed by atoms with Crippen LogP contribution in [-0.4, -0.2) is 67.3 Å². The van der Waals surface area contributed by atoms with E-state index in [2.05, 4.69) is 33.3 Å². The van der Waals surface area contributed by atoms with Crippen LogP contribution in [0.3, 0.4) is 0 Å². The van der Waals surface area contributed by atoms with Crippen LogP contribution in [0.25, 0.3) is 11.3 Å². The maximum Gasteiger partial charge on any atom is 0.369 e. The van der Waals surface area contributed by atoms with Crippen LogP contribution in [0.5, 0.6) is 5.75 Å². The van der Waals surface area contributed by atoms with Crippen molar-refractivity contribution < 1.29 is 38.8 Å². The van der Waals surface area contributed by atoms with E-state index in [1.54, 1.807) is 11.6 Å². The predicted octanol–water partition coefficient (Wildman–Crippen LogP) is 0.685. The number of methoxy groups -OCH3 is 1. The van der Waals surface area contributed by atoms with Gasteiger partial charge in [0.25, 0.3) is 11.8 Å². The van der Waals surface area contributed by atoms with E-state index in [1.165, 1.54) is 31.0 Å². The number of aliphatic hydroxyl groups is 3. The van der Waals surface area contributed by atoms with E-state index in [1.807, 2.05) is 0 Å². The first-order valence-corrected chi connectivity index (χ1v) is 12.5. The first-order valence-electron chi connectivity index (χ1n) is 11.6. The number of ether oxygens (including phenoxy) is 1. The third-order valence-corrected chi connectivity index (χ3v) is 5.56. The Morgan fingerprint density at radius 3 is 2.38 bits per heavy atom. The summed E-state index contributed by atoms with van der Waals surface area (Å²) in [5, 5.41) is 38.7. The smallest absolute Gasteiger partial charge is 0.369 e. The van der Waals surface area contributed by atoms with Gasteiger partial charge in [0.1, 0.15) is 17.3 Å². The molecule has 4 rings (SSSR count). The zero-order chi connectivity index (χ0) is 29.8. The first kappa shape index (κ1) is 30.3. The summed E-state index contributed by atoms with van der Waals surface area (Å²) >= 11 is 3.53. The van der Waals surface area contributed by atoms with E-state index < -0.39 is 23.7 Å². The van der Waals surface area contributed by atoms with Crippen molar-refractivity contribution in [3.8, 4) is 17.0 Å². The zero-order valence-electron chi connectivity index (χ0n) is 21.6. The molecular formula is C24H28FN7O7S. The Hall–Kier alpha value is -4.25. The van der Waals surface area contributed by atoms with Crippen LogP contribution in [0.1, 0.15) is 33.7 Å². The van der Waals surface area contributed by atoms with Gasteiger partial charge in [0, 0.05) is 36.9 Å². The number of nitrogens with two attached hydrogens (primary N) is 1. The second-order valence-corrected chi connectivity index (χ2v) is 8.53. The Balaban J connectivity index is 0.00000216. The van der Waals surface area contributed by atoms with Crippen LogP contribution in [-0.2, 0) is 11.8 Å². The number of nitrogens with zero attached hydrogens (tertiary/aromatic N) is 3. The Kier molecular flexibility index (Phi) is 9.31. The minimum absolute atomic E-state index is 0.00300. The molecule has 1 saturated carbocycles. The molecule has 3 amide bonds. The normalized spacial score (nSPS) is 12.6. The van der Waals surface area contributed by atoms with Gasteiger partial charge in [-0.3, -0.25) is 24.4 Å². The number of halogens is 1. The van der Waals surface area contributed by atoms with Gasteiger partial charge < -0.3 is 36.4 Å². The second kappa shape index (κ2) is 12.3. The van der Waals surface area contributed by atoms with Crippen molar-refractivity contribution in [2.45, 2.75) is 18.9 Å². The fraction of sp³-hybridized carbons (Fsp3) is 0.292. The molecule has 0 radical (unpaired) electrons. The number of pyridine rings is 1. The number of nitrogens with one attached hydrogen (secondary N) is 3. The molecular weight excluding hydrogens is 549 g/mol. The fourth-order valence-electron chi connectivity index (χ4n) is 3.67. The average Bonchev–Trinajstić information content (AvgIpc) is 3.65. The highest BCUT2D eigenvalue weighted by atomic mass is 32.1. The number of anilines is 3. The maximum absolute atomic E-state index is 14.8. The summed E-state index contributed by atoms with van der Waals surface area (Å²) < 4.78 is 21.5. The summed E-state index contributed by atoms with van der Waals surface area (Å²) in [7, 11) is 2.79. The zero-order valence-corrected chi connectivity index (χ0v) is 22.5. The van der Waals surface area contributed by atoms with Gasteiger partial charge in [0.2, 0.25) is 5.91 Å². The van der Waals surface area contributed by atoms with Crippen molar-refractivity contribution in [3.63, 3.8) is 0 Å². The molecule has 0 unspecified atom stereocenters. The molecule has 1 aliphatic carbocycles. The molecule has 0 spiro atoms. The maximum atomic E-state index is 14.8. The fourth-order valence-corrected chi connectivity index (χ4v) is 3.67. The molecule has 2 aromatic heterocycles. The lowest BCUT2D eigenvalue weighted by atomic mass is 10.1. The van der Waals surface area contributed by atoms with Gasteiger partial charge in [-0.15, -0.1) is 0 Å². The predicted molar refractivity (Wildman–Crippen MR) is 144 cm³/mol. The van der Waals surface area contributed by atoms with Gasteiger partial charge in [-0.1, -0.05) is 0 Å². The SMILES string of the molecule is COc1c(Nc2cc(NC(=O)C3CC3)ncc2C(=O)NC(O)(O)O)cc(F)cc1-c1cc(C(N)=O)n(C)n1.CS. The second-order valence-electron chi connectivity index (χ2n) is 8.53. The average molecular weight is 578 g/mol. The van der Waals surface area contributed by atoms with Crippen LogP contribution >= 0.6 is 12.6 Å². The summed E-state index contributed by atoms with van der Waals surface area (Å²) in [6.45, 7) is 0. The Morgan fingerprint density at radius 1 is 1.15 bits per heavy atom. The highest BCUT2D eigenvalue weighted by Gasteiger charge is 2.30. The van der Waals surface area contributed by atoms with Crippen LogP contribution in [0.4, 0.5) is 21.6 Å². The lowest BCUT2D eigenvalue weighted by molar-refractivity contribution is -0.323. The largest absolute Gasteiger partial charge is 0.494 e. The number of carbonyl (C=O) groups is 3. The minimum atomic E-state index is -3.53. The number of hydrogen-bond donors (Lipinski definition) is 8. The van der Waals surface area contributed by atoms with Gasteiger partial charge in [-0.2, -0.15) is 17.7 Å². The number of carbonyl (C=O) groups excluding carboxylic acids is 3. The summed E-state index contributed by atoms with van der Waals surface area (Å²) in [6.07, 6.45) is 0.638. The molecule has 0 atom stereocenters. The standard InChI is InChI=1S/C23H24FN7O7.CH4S/c1-31-17(20(25)32)7-15(30-31)12-5-11(24)6-16(19(12)38-2)27-14-8-18(28-21(33)10-3-4-10)26-9-13(14)22(34)29-23(35,36)37;1-2/h5-10,35-37H,3-4H2,1-2H3,(H2,25,32)(H,29,34)(H2,26,27,28,33);2H,1H3. The molecule has 8 N–H and O–H groups in total. The first-order chi connectivity index (χ1) is 18.9. The van der Waals surface area contributed by atoms with Gasteiger partial charge in [-0.25, -0.2) is 9.37 Å². The summed E-state index contributed by atoms with van der Waals surface area (Å²) in [5.41, 5.74) is 5.34. The number of aromatic nitrogens is 3. The highest BCUT2D eigenvalue weighted by molar-refractivity contribution is 7.79. The monoisotopic (exact) mass is 577 g/mol. The molecule has 16 heteroatoms.